The molecule has 0 aliphatic carbocycles. The normalized spacial score (nSPS) is 11.8. The van der Waals surface area contributed by atoms with Gasteiger partial charge in [0.05, 0.1) is 6.04 Å². The molecule has 0 saturated carbocycles. The smallest absolute Gasteiger partial charge is 0.240 e. The molecule has 0 aromatic heterocycles. The Morgan fingerprint density at radius 2 is 1.62 bits per heavy atom. The van der Waals surface area contributed by atoms with Gasteiger partial charge in [-0.3, -0.25) is 4.79 Å². The number of nitrogens with one attached hydrogen (secondary N) is 1. The Labute approximate surface area is 124 Å². The van der Waals surface area contributed by atoms with Crippen LogP contribution < -0.4 is 15.8 Å². The molecule has 21 heavy (non-hydrogen) atoms. The molecule has 0 heterocycles. The van der Waals surface area contributed by atoms with Gasteiger partial charge in [0.2, 0.25) is 5.91 Å². The van der Waals surface area contributed by atoms with Crippen LogP contribution in [0.4, 0.5) is 5.69 Å². The van der Waals surface area contributed by atoms with Gasteiger partial charge in [-0.25, -0.2) is 0 Å². The summed E-state index contributed by atoms with van der Waals surface area (Å²) in [5.74, 6) is 1.30. The van der Waals surface area contributed by atoms with Crippen LogP contribution in [-0.4, -0.2) is 11.9 Å². The van der Waals surface area contributed by atoms with E-state index in [9.17, 15) is 4.79 Å². The van der Waals surface area contributed by atoms with Crippen LogP contribution in [0.2, 0.25) is 0 Å². The fraction of sp³-hybridized carbons (Fsp3) is 0.235. The summed E-state index contributed by atoms with van der Waals surface area (Å²) in [7, 11) is 0. The Kier molecular flexibility index (Phi) is 4.95. The van der Waals surface area contributed by atoms with Gasteiger partial charge in [0.1, 0.15) is 11.5 Å². The van der Waals surface area contributed by atoms with Crippen LogP contribution in [0, 0.1) is 0 Å². The first kappa shape index (κ1) is 15.1. The summed E-state index contributed by atoms with van der Waals surface area (Å²) in [5.41, 5.74) is 7.48. The number of nitrogens with two attached hydrogens (primary N) is 1. The predicted octanol–water partition coefficient (Wildman–Crippen LogP) is 3.33. The molecule has 2 aromatic carbocycles. The van der Waals surface area contributed by atoms with Gasteiger partial charge in [-0.05, 0) is 55.3 Å². The van der Waals surface area contributed by atoms with Crippen LogP contribution in [0.1, 0.15) is 19.4 Å². The largest absolute Gasteiger partial charge is 0.457 e. The molecule has 0 aliphatic rings. The fourth-order valence-corrected chi connectivity index (χ4v) is 1.79. The lowest BCUT2D eigenvalue weighted by Crippen LogP contribution is -2.32. The lowest BCUT2D eigenvalue weighted by molar-refractivity contribution is -0.117. The van der Waals surface area contributed by atoms with Crippen molar-refractivity contribution in [3.8, 4) is 11.5 Å². The molecule has 4 nitrogen and oxygen atoms in total. The van der Waals surface area contributed by atoms with Crippen molar-refractivity contribution in [1.29, 1.82) is 0 Å². The van der Waals surface area contributed by atoms with Crippen molar-refractivity contribution in [2.24, 2.45) is 5.73 Å². The minimum absolute atomic E-state index is 0.209. The van der Waals surface area contributed by atoms with Gasteiger partial charge in [0, 0.05) is 5.69 Å². The van der Waals surface area contributed by atoms with Crippen molar-refractivity contribution in [2.75, 3.05) is 5.32 Å². The maximum atomic E-state index is 11.5. The summed E-state index contributed by atoms with van der Waals surface area (Å²) in [4.78, 5) is 11.5. The second kappa shape index (κ2) is 6.90. The minimum atomic E-state index is -0.530. The zero-order valence-corrected chi connectivity index (χ0v) is 12.3. The zero-order valence-electron chi connectivity index (χ0n) is 12.3. The van der Waals surface area contributed by atoms with Crippen molar-refractivity contribution in [2.45, 2.75) is 26.3 Å². The lowest BCUT2D eigenvalue weighted by atomic mass is 10.2. The van der Waals surface area contributed by atoms with Gasteiger partial charge in [0.25, 0.3) is 0 Å². The van der Waals surface area contributed by atoms with Gasteiger partial charge < -0.3 is 15.8 Å². The standard InChI is InChI=1S/C17H20N2O2/c1-3-13-4-8-15(9-5-13)21-16-10-6-14(7-11-16)19-17(20)12(2)18/h4-12H,3,18H2,1-2H3,(H,19,20). The molecule has 0 aliphatic heterocycles. The molecule has 2 rings (SSSR count). The van der Waals surface area contributed by atoms with Crippen LogP contribution >= 0.6 is 0 Å². The number of hydrogen-bond acceptors (Lipinski definition) is 3. The van der Waals surface area contributed by atoms with Gasteiger partial charge in [-0.1, -0.05) is 19.1 Å². The molecule has 0 fully saturated rings. The number of ether oxygens (including phenoxy) is 1. The molecular formula is C17H20N2O2. The maximum absolute atomic E-state index is 11.5. The van der Waals surface area contributed by atoms with Crippen LogP contribution in [-0.2, 0) is 11.2 Å². The van der Waals surface area contributed by atoms with E-state index in [1.54, 1.807) is 19.1 Å². The summed E-state index contributed by atoms with van der Waals surface area (Å²) in [6, 6.07) is 14.7. The molecule has 4 heteroatoms. The van der Waals surface area contributed by atoms with Crippen LogP contribution in [0.5, 0.6) is 11.5 Å². The van der Waals surface area contributed by atoms with E-state index >= 15 is 0 Å². The molecular weight excluding hydrogens is 264 g/mol. The molecule has 2 aromatic rings. The molecule has 0 saturated heterocycles. The summed E-state index contributed by atoms with van der Waals surface area (Å²) in [6.45, 7) is 3.76. The van der Waals surface area contributed by atoms with Crippen molar-refractivity contribution in [1.82, 2.24) is 0 Å². The number of anilines is 1. The highest BCUT2D eigenvalue weighted by Crippen LogP contribution is 2.23. The van der Waals surface area contributed by atoms with Crippen LogP contribution in [0.25, 0.3) is 0 Å². The summed E-state index contributed by atoms with van der Waals surface area (Å²) < 4.78 is 5.75. The Hall–Kier alpha value is -2.33. The topological polar surface area (TPSA) is 64.3 Å². The van der Waals surface area contributed by atoms with Crippen molar-refractivity contribution in [3.05, 3.63) is 54.1 Å². The first-order chi connectivity index (χ1) is 10.1. The van der Waals surface area contributed by atoms with Crippen molar-refractivity contribution in [3.63, 3.8) is 0 Å². The number of carbonyl (C=O) groups excluding carboxylic acids is 1. The number of amides is 1. The Morgan fingerprint density at radius 1 is 1.10 bits per heavy atom. The number of hydrogen-bond donors (Lipinski definition) is 2. The molecule has 0 radical (unpaired) electrons. The van der Waals surface area contributed by atoms with Crippen molar-refractivity contribution >= 4 is 11.6 Å². The van der Waals surface area contributed by atoms with Gasteiger partial charge in [-0.2, -0.15) is 0 Å². The third-order valence-corrected chi connectivity index (χ3v) is 3.10. The van der Waals surface area contributed by atoms with E-state index in [-0.39, 0.29) is 5.91 Å². The van der Waals surface area contributed by atoms with Gasteiger partial charge >= 0.3 is 0 Å². The average molecular weight is 284 g/mol. The highest BCUT2D eigenvalue weighted by Gasteiger charge is 2.07. The third kappa shape index (κ3) is 4.33. The first-order valence-electron chi connectivity index (χ1n) is 7.02. The summed E-state index contributed by atoms with van der Waals surface area (Å²) in [6.07, 6.45) is 1.01. The molecule has 1 amide bonds. The molecule has 1 unspecified atom stereocenters. The minimum Gasteiger partial charge on any atom is -0.457 e. The Morgan fingerprint density at radius 3 is 2.10 bits per heavy atom. The van der Waals surface area contributed by atoms with E-state index in [1.165, 1.54) is 5.56 Å². The van der Waals surface area contributed by atoms with Crippen LogP contribution in [0.3, 0.4) is 0 Å². The van der Waals surface area contributed by atoms with E-state index in [0.717, 1.165) is 17.9 Å². The Bertz CT molecular complexity index is 589. The van der Waals surface area contributed by atoms with Crippen LogP contribution in [0.15, 0.2) is 48.5 Å². The number of carbonyl (C=O) groups is 1. The van der Waals surface area contributed by atoms with E-state index < -0.39 is 6.04 Å². The molecule has 3 N–H and O–H groups in total. The Balaban J connectivity index is 2.00. The zero-order chi connectivity index (χ0) is 15.2. The first-order valence-corrected chi connectivity index (χ1v) is 7.02. The molecule has 0 bridgehead atoms. The highest BCUT2D eigenvalue weighted by atomic mass is 16.5. The second-order valence-corrected chi connectivity index (χ2v) is 4.90. The fourth-order valence-electron chi connectivity index (χ4n) is 1.79. The van der Waals surface area contributed by atoms with Gasteiger partial charge in [0.15, 0.2) is 0 Å². The summed E-state index contributed by atoms with van der Waals surface area (Å²) in [5, 5.41) is 2.73. The number of aryl methyl sites for hydroxylation is 1. The van der Waals surface area contributed by atoms with E-state index in [2.05, 4.69) is 12.2 Å². The van der Waals surface area contributed by atoms with E-state index in [0.29, 0.717) is 5.69 Å². The van der Waals surface area contributed by atoms with Gasteiger partial charge in [-0.15, -0.1) is 0 Å². The summed E-state index contributed by atoms with van der Waals surface area (Å²) >= 11 is 0. The predicted molar refractivity (Wildman–Crippen MR) is 84.6 cm³/mol. The quantitative estimate of drug-likeness (QED) is 0.885. The molecule has 1 atom stereocenters. The SMILES string of the molecule is CCc1ccc(Oc2ccc(NC(=O)C(C)N)cc2)cc1. The number of benzene rings is 2. The molecule has 0 spiro atoms. The highest BCUT2D eigenvalue weighted by molar-refractivity contribution is 5.94. The van der Waals surface area contributed by atoms with E-state index in [1.807, 2.05) is 36.4 Å². The van der Waals surface area contributed by atoms with Crippen molar-refractivity contribution < 1.29 is 9.53 Å². The lowest BCUT2D eigenvalue weighted by Gasteiger charge is -2.09. The second-order valence-electron chi connectivity index (χ2n) is 4.90. The molecule has 110 valence electrons. The van der Waals surface area contributed by atoms with E-state index in [4.69, 9.17) is 10.5 Å². The average Bonchev–Trinajstić information content (AvgIpc) is 2.50. The monoisotopic (exact) mass is 284 g/mol. The number of rotatable bonds is 5. The maximum Gasteiger partial charge on any atom is 0.240 e. The third-order valence-electron chi connectivity index (χ3n) is 3.10.